The summed E-state index contributed by atoms with van der Waals surface area (Å²) in [6.07, 6.45) is 5.02. The summed E-state index contributed by atoms with van der Waals surface area (Å²) in [5.74, 6) is -0.666. The molecule has 26 heavy (non-hydrogen) atoms. The summed E-state index contributed by atoms with van der Waals surface area (Å²) in [4.78, 5) is -0.143. The van der Waals surface area contributed by atoms with Crippen molar-refractivity contribution in [2.75, 3.05) is 0 Å². The highest BCUT2D eigenvalue weighted by atomic mass is 32.2. The van der Waals surface area contributed by atoms with Crippen molar-refractivity contribution in [3.05, 3.63) is 59.4 Å². The molecular weight excluding hydrogens is 357 g/mol. The first kappa shape index (κ1) is 18.3. The molecule has 0 fully saturated rings. The molecule has 0 amide bonds. The van der Waals surface area contributed by atoms with Crippen LogP contribution in [0.15, 0.2) is 41.7 Å². The van der Waals surface area contributed by atoms with Crippen LogP contribution in [0.5, 0.6) is 0 Å². The van der Waals surface area contributed by atoms with Gasteiger partial charge in [0.15, 0.2) is 0 Å². The van der Waals surface area contributed by atoms with Gasteiger partial charge in [0.1, 0.15) is 11.5 Å². The summed E-state index contributed by atoms with van der Waals surface area (Å²) in [5.41, 5.74) is 2.56. The topological polar surface area (TPSA) is 81.8 Å². The zero-order valence-electron chi connectivity index (χ0n) is 14.9. The molecule has 0 saturated carbocycles. The minimum Gasteiger partial charge on any atom is -0.275 e. The van der Waals surface area contributed by atoms with Gasteiger partial charge >= 0.3 is 0 Å². The van der Waals surface area contributed by atoms with Crippen LogP contribution >= 0.6 is 0 Å². The third-order valence-corrected chi connectivity index (χ3v) is 5.58. The molecule has 0 spiro atoms. The van der Waals surface area contributed by atoms with Crippen LogP contribution in [-0.2, 0) is 17.1 Å². The van der Waals surface area contributed by atoms with Gasteiger partial charge in [-0.15, -0.1) is 0 Å². The second-order valence-electron chi connectivity index (χ2n) is 6.26. The van der Waals surface area contributed by atoms with Gasteiger partial charge in [0.2, 0.25) is 10.0 Å². The molecule has 1 N–H and O–H groups in total. The molecule has 2 heterocycles. The lowest BCUT2D eigenvalue weighted by Gasteiger charge is -2.14. The van der Waals surface area contributed by atoms with Crippen molar-refractivity contribution >= 4 is 10.0 Å². The number of aromatic nitrogens is 4. The van der Waals surface area contributed by atoms with Crippen LogP contribution in [0.2, 0.25) is 0 Å². The number of hydrogen-bond donors (Lipinski definition) is 1. The van der Waals surface area contributed by atoms with E-state index in [0.717, 1.165) is 22.9 Å². The fraction of sp³-hybridized carbons (Fsp3) is 0.294. The molecule has 9 heteroatoms. The molecule has 0 saturated heterocycles. The fourth-order valence-corrected chi connectivity index (χ4v) is 4.03. The maximum absolute atomic E-state index is 14.4. The monoisotopic (exact) mass is 377 g/mol. The van der Waals surface area contributed by atoms with Gasteiger partial charge in [-0.25, -0.2) is 22.2 Å². The zero-order chi connectivity index (χ0) is 19.1. The van der Waals surface area contributed by atoms with Gasteiger partial charge in [-0.2, -0.15) is 10.2 Å². The highest BCUT2D eigenvalue weighted by Crippen LogP contribution is 2.22. The highest BCUT2D eigenvalue weighted by molar-refractivity contribution is 7.89. The van der Waals surface area contributed by atoms with E-state index >= 15 is 0 Å². The van der Waals surface area contributed by atoms with E-state index in [1.165, 1.54) is 16.8 Å². The first-order chi connectivity index (χ1) is 12.2. The van der Waals surface area contributed by atoms with Crippen LogP contribution in [0.1, 0.15) is 29.8 Å². The van der Waals surface area contributed by atoms with Crippen molar-refractivity contribution < 1.29 is 12.8 Å². The fourth-order valence-electron chi connectivity index (χ4n) is 2.79. The Morgan fingerprint density at radius 1 is 1.23 bits per heavy atom. The Kier molecular flexibility index (Phi) is 4.68. The van der Waals surface area contributed by atoms with Crippen molar-refractivity contribution in [3.63, 3.8) is 0 Å². The Labute approximate surface area is 151 Å². The smallest absolute Gasteiger partial charge is 0.241 e. The lowest BCUT2D eigenvalue weighted by atomic mass is 10.1. The Balaban J connectivity index is 1.87. The van der Waals surface area contributed by atoms with Gasteiger partial charge in [0.25, 0.3) is 0 Å². The zero-order valence-corrected chi connectivity index (χ0v) is 15.7. The first-order valence-corrected chi connectivity index (χ1v) is 9.49. The largest absolute Gasteiger partial charge is 0.275 e. The molecule has 3 rings (SSSR count). The average molecular weight is 377 g/mol. The standard InChI is InChI=1S/C17H20FN5O2S/c1-11-8-19-23(9-11)17-6-5-14(7-16(17)18)26(24,25)21-13(3)15-10-22(4)20-12(15)2/h5-10,13,21H,1-4H3. The van der Waals surface area contributed by atoms with Gasteiger partial charge in [-0.1, -0.05) is 0 Å². The van der Waals surface area contributed by atoms with Gasteiger partial charge in [-0.3, -0.25) is 4.68 Å². The summed E-state index contributed by atoms with van der Waals surface area (Å²) < 4.78 is 45.2. The molecule has 0 radical (unpaired) electrons. The Morgan fingerprint density at radius 2 is 1.96 bits per heavy atom. The molecule has 2 aromatic heterocycles. The van der Waals surface area contributed by atoms with E-state index in [9.17, 15) is 12.8 Å². The van der Waals surface area contributed by atoms with E-state index in [4.69, 9.17) is 0 Å². The lowest BCUT2D eigenvalue weighted by Crippen LogP contribution is -2.27. The Bertz CT molecular complexity index is 1060. The van der Waals surface area contributed by atoms with E-state index in [0.29, 0.717) is 0 Å². The summed E-state index contributed by atoms with van der Waals surface area (Å²) in [6, 6.07) is 3.26. The second-order valence-corrected chi connectivity index (χ2v) is 7.98. The number of rotatable bonds is 5. The first-order valence-electron chi connectivity index (χ1n) is 8.01. The predicted octanol–water partition coefficient (Wildman–Crippen LogP) is 2.40. The SMILES string of the molecule is Cc1cnn(-c2ccc(S(=O)(=O)NC(C)c3cn(C)nc3C)cc2F)c1. The predicted molar refractivity (Wildman–Crippen MR) is 94.9 cm³/mol. The molecule has 0 bridgehead atoms. The summed E-state index contributed by atoms with van der Waals surface area (Å²) in [7, 11) is -2.12. The number of aryl methyl sites for hydroxylation is 3. The molecular formula is C17H20FN5O2S. The van der Waals surface area contributed by atoms with E-state index in [1.807, 2.05) is 6.92 Å². The molecule has 7 nitrogen and oxygen atoms in total. The molecule has 138 valence electrons. The molecule has 1 aromatic carbocycles. The van der Waals surface area contributed by atoms with Gasteiger partial charge in [0.05, 0.1) is 16.8 Å². The molecule has 0 aliphatic carbocycles. The number of nitrogens with zero attached hydrogens (tertiary/aromatic N) is 4. The lowest BCUT2D eigenvalue weighted by molar-refractivity contribution is 0.562. The summed E-state index contributed by atoms with van der Waals surface area (Å²) in [6.45, 7) is 5.37. The van der Waals surface area contributed by atoms with Crippen LogP contribution in [0.3, 0.4) is 0 Å². The van der Waals surface area contributed by atoms with Crippen molar-refractivity contribution in [2.45, 2.75) is 31.7 Å². The van der Waals surface area contributed by atoms with Crippen LogP contribution in [0.25, 0.3) is 5.69 Å². The average Bonchev–Trinajstić information content (AvgIpc) is 3.12. The van der Waals surface area contributed by atoms with Crippen molar-refractivity contribution in [1.82, 2.24) is 24.3 Å². The van der Waals surface area contributed by atoms with Gasteiger partial charge < -0.3 is 0 Å². The Morgan fingerprint density at radius 3 is 2.50 bits per heavy atom. The molecule has 1 unspecified atom stereocenters. The molecule has 0 aliphatic rings. The summed E-state index contributed by atoms with van der Waals surface area (Å²) >= 11 is 0. The van der Waals surface area contributed by atoms with E-state index < -0.39 is 21.9 Å². The van der Waals surface area contributed by atoms with Crippen LogP contribution in [0, 0.1) is 19.7 Å². The Hall–Kier alpha value is -2.52. The molecule has 3 aromatic rings. The maximum atomic E-state index is 14.4. The minimum atomic E-state index is -3.89. The second kappa shape index (κ2) is 6.65. The number of sulfonamides is 1. The van der Waals surface area contributed by atoms with Crippen LogP contribution in [0.4, 0.5) is 4.39 Å². The normalized spacial score (nSPS) is 13.1. The number of nitrogens with one attached hydrogen (secondary N) is 1. The molecule has 1 atom stereocenters. The maximum Gasteiger partial charge on any atom is 0.241 e. The van der Waals surface area contributed by atoms with Gasteiger partial charge in [-0.05, 0) is 44.5 Å². The number of benzene rings is 1. The van der Waals surface area contributed by atoms with Crippen LogP contribution < -0.4 is 4.72 Å². The summed E-state index contributed by atoms with van der Waals surface area (Å²) in [5, 5.41) is 8.25. The molecule has 0 aliphatic heterocycles. The highest BCUT2D eigenvalue weighted by Gasteiger charge is 2.22. The minimum absolute atomic E-state index is 0.143. The van der Waals surface area contributed by atoms with E-state index in [-0.39, 0.29) is 10.6 Å². The van der Waals surface area contributed by atoms with Gasteiger partial charge in [0, 0.05) is 31.0 Å². The van der Waals surface area contributed by atoms with Crippen molar-refractivity contribution in [1.29, 1.82) is 0 Å². The third kappa shape index (κ3) is 3.54. The van der Waals surface area contributed by atoms with E-state index in [1.54, 1.807) is 44.2 Å². The van der Waals surface area contributed by atoms with Crippen molar-refractivity contribution in [2.24, 2.45) is 7.05 Å². The number of halogens is 1. The van der Waals surface area contributed by atoms with Crippen LogP contribution in [-0.4, -0.2) is 28.0 Å². The third-order valence-electron chi connectivity index (χ3n) is 4.04. The number of hydrogen-bond acceptors (Lipinski definition) is 4. The van der Waals surface area contributed by atoms with Crippen molar-refractivity contribution in [3.8, 4) is 5.69 Å². The quantitative estimate of drug-likeness (QED) is 0.740. The van der Waals surface area contributed by atoms with E-state index in [2.05, 4.69) is 14.9 Å².